The van der Waals surface area contributed by atoms with Gasteiger partial charge in [0.25, 0.3) is 0 Å². The van der Waals surface area contributed by atoms with Gasteiger partial charge in [-0.25, -0.2) is 0 Å². The zero-order valence-electron chi connectivity index (χ0n) is 17.6. The van der Waals surface area contributed by atoms with Crippen molar-refractivity contribution in [3.63, 3.8) is 0 Å². The first-order valence-electron chi connectivity index (χ1n) is 11.0. The average molecular weight is 488 g/mol. The molecule has 33 heavy (non-hydrogen) atoms. The van der Waals surface area contributed by atoms with Gasteiger partial charge in [-0.15, -0.1) is 0 Å². The van der Waals surface area contributed by atoms with Crippen molar-refractivity contribution >= 4 is 59.7 Å². The van der Waals surface area contributed by atoms with Crippen LogP contribution in [0, 0.1) is 0 Å². The quantitative estimate of drug-likeness (QED) is 0.237. The van der Waals surface area contributed by atoms with E-state index in [0.717, 1.165) is 32.0 Å². The van der Waals surface area contributed by atoms with Gasteiger partial charge in [-0.3, -0.25) is 0 Å². The Labute approximate surface area is 198 Å². The van der Waals surface area contributed by atoms with Crippen molar-refractivity contribution in [3.05, 3.63) is 114 Å². The lowest BCUT2D eigenvalue weighted by atomic mass is 10.0. The molecule has 5 aromatic carbocycles. The number of para-hydroxylation sites is 2. The lowest BCUT2D eigenvalue weighted by Gasteiger charge is -2.09. The highest BCUT2D eigenvalue weighted by atomic mass is 79.9. The van der Waals surface area contributed by atoms with E-state index < -0.39 is 0 Å². The minimum atomic E-state index is 0.907. The standard InChI is InChI=1S/C30H18BrNO/c31-21-12-15-29-26(18-21)25-14-11-20(17-30(25)33-29)19-10-13-24-23-8-4-5-9-27(23)32(28(24)16-19)22-6-2-1-3-7-22/h1-18H. The highest BCUT2D eigenvalue weighted by Crippen LogP contribution is 2.37. The molecule has 0 saturated heterocycles. The van der Waals surface area contributed by atoms with Crippen LogP contribution in [0.3, 0.4) is 0 Å². The molecule has 0 atom stereocenters. The van der Waals surface area contributed by atoms with E-state index >= 15 is 0 Å². The van der Waals surface area contributed by atoms with E-state index in [1.807, 2.05) is 12.1 Å². The second-order valence-electron chi connectivity index (χ2n) is 8.37. The summed E-state index contributed by atoms with van der Waals surface area (Å²) in [7, 11) is 0. The Morgan fingerprint density at radius 2 is 1.24 bits per heavy atom. The number of hydrogen-bond donors (Lipinski definition) is 0. The first-order valence-corrected chi connectivity index (χ1v) is 11.8. The average Bonchev–Trinajstić information content (AvgIpc) is 3.39. The van der Waals surface area contributed by atoms with Gasteiger partial charge < -0.3 is 8.98 Å². The van der Waals surface area contributed by atoms with Crippen LogP contribution in [-0.4, -0.2) is 4.57 Å². The SMILES string of the molecule is Brc1ccc2oc3cc(-c4ccc5c6ccccc6n(-c6ccccc6)c5c4)ccc3c2c1. The third-order valence-corrected chi connectivity index (χ3v) is 6.95. The maximum atomic E-state index is 6.17. The largest absolute Gasteiger partial charge is 0.456 e. The number of fused-ring (bicyclic) bond motifs is 6. The third-order valence-electron chi connectivity index (χ3n) is 6.45. The summed E-state index contributed by atoms with van der Waals surface area (Å²) in [5.74, 6) is 0. The van der Waals surface area contributed by atoms with E-state index in [1.54, 1.807) is 0 Å². The predicted octanol–water partition coefficient (Wildman–Crippen LogP) is 9.11. The normalized spacial score (nSPS) is 11.8. The van der Waals surface area contributed by atoms with Crippen LogP contribution in [0.4, 0.5) is 0 Å². The van der Waals surface area contributed by atoms with Crippen LogP contribution in [0.25, 0.3) is 60.6 Å². The van der Waals surface area contributed by atoms with Crippen LogP contribution < -0.4 is 0 Å². The fourth-order valence-corrected chi connectivity index (χ4v) is 5.30. The monoisotopic (exact) mass is 487 g/mol. The van der Waals surface area contributed by atoms with E-state index in [2.05, 4.69) is 118 Å². The Balaban J connectivity index is 1.48. The molecular weight excluding hydrogens is 470 g/mol. The number of rotatable bonds is 2. The molecule has 2 nitrogen and oxygen atoms in total. The summed E-state index contributed by atoms with van der Waals surface area (Å²) in [4.78, 5) is 0. The van der Waals surface area contributed by atoms with Gasteiger partial charge in [0.2, 0.25) is 0 Å². The molecular formula is C30H18BrNO. The van der Waals surface area contributed by atoms with Crippen LogP contribution in [0.15, 0.2) is 118 Å². The van der Waals surface area contributed by atoms with Crippen molar-refractivity contribution in [2.24, 2.45) is 0 Å². The van der Waals surface area contributed by atoms with E-state index in [4.69, 9.17) is 4.42 Å². The van der Waals surface area contributed by atoms with Crippen molar-refractivity contribution in [2.75, 3.05) is 0 Å². The maximum absolute atomic E-state index is 6.17. The lowest BCUT2D eigenvalue weighted by Crippen LogP contribution is -1.93. The molecule has 156 valence electrons. The maximum Gasteiger partial charge on any atom is 0.136 e. The van der Waals surface area contributed by atoms with Gasteiger partial charge in [0.1, 0.15) is 11.2 Å². The molecule has 0 bridgehead atoms. The molecule has 0 aliphatic heterocycles. The predicted molar refractivity (Wildman–Crippen MR) is 141 cm³/mol. The molecule has 3 heteroatoms. The molecule has 0 amide bonds. The van der Waals surface area contributed by atoms with E-state index in [0.29, 0.717) is 0 Å². The summed E-state index contributed by atoms with van der Waals surface area (Å²) in [5.41, 5.74) is 7.72. The second kappa shape index (κ2) is 7.09. The smallest absolute Gasteiger partial charge is 0.136 e. The number of benzene rings is 5. The van der Waals surface area contributed by atoms with Gasteiger partial charge in [-0.2, -0.15) is 0 Å². The Kier molecular flexibility index (Phi) is 4.02. The van der Waals surface area contributed by atoms with Crippen molar-refractivity contribution in [3.8, 4) is 16.8 Å². The van der Waals surface area contributed by atoms with Crippen LogP contribution in [0.1, 0.15) is 0 Å². The van der Waals surface area contributed by atoms with Gasteiger partial charge >= 0.3 is 0 Å². The summed E-state index contributed by atoms with van der Waals surface area (Å²) in [6.45, 7) is 0. The number of nitrogens with zero attached hydrogens (tertiary/aromatic N) is 1. The minimum absolute atomic E-state index is 0.907. The molecule has 0 fully saturated rings. The first-order chi connectivity index (χ1) is 16.3. The van der Waals surface area contributed by atoms with Gasteiger partial charge in [0.15, 0.2) is 0 Å². The minimum Gasteiger partial charge on any atom is -0.456 e. The summed E-state index contributed by atoms with van der Waals surface area (Å²) in [6.07, 6.45) is 0. The molecule has 2 heterocycles. The van der Waals surface area contributed by atoms with E-state index in [1.165, 1.54) is 33.1 Å². The molecule has 7 rings (SSSR count). The van der Waals surface area contributed by atoms with Gasteiger partial charge in [-0.1, -0.05) is 70.5 Å². The first kappa shape index (κ1) is 18.7. The molecule has 0 aliphatic rings. The van der Waals surface area contributed by atoms with Crippen molar-refractivity contribution in [1.82, 2.24) is 4.57 Å². The fraction of sp³-hybridized carbons (Fsp3) is 0. The molecule has 0 unspecified atom stereocenters. The zero-order chi connectivity index (χ0) is 21.9. The Bertz CT molecular complexity index is 1830. The number of hydrogen-bond acceptors (Lipinski definition) is 1. The van der Waals surface area contributed by atoms with Gasteiger partial charge in [0.05, 0.1) is 11.0 Å². The van der Waals surface area contributed by atoms with Crippen LogP contribution in [-0.2, 0) is 0 Å². The fourth-order valence-electron chi connectivity index (χ4n) is 4.93. The topological polar surface area (TPSA) is 18.1 Å². The summed E-state index contributed by atoms with van der Waals surface area (Å²) in [5, 5.41) is 4.79. The highest BCUT2D eigenvalue weighted by molar-refractivity contribution is 9.10. The number of aromatic nitrogens is 1. The van der Waals surface area contributed by atoms with Crippen LogP contribution in [0.2, 0.25) is 0 Å². The zero-order valence-corrected chi connectivity index (χ0v) is 19.2. The molecule has 0 N–H and O–H groups in total. The van der Waals surface area contributed by atoms with Gasteiger partial charge in [0, 0.05) is 31.7 Å². The summed E-state index contributed by atoms with van der Waals surface area (Å²) in [6, 6.07) is 38.6. The lowest BCUT2D eigenvalue weighted by molar-refractivity contribution is 0.669. The highest BCUT2D eigenvalue weighted by Gasteiger charge is 2.14. The summed E-state index contributed by atoms with van der Waals surface area (Å²) < 4.78 is 9.58. The Morgan fingerprint density at radius 3 is 2.12 bits per heavy atom. The summed E-state index contributed by atoms with van der Waals surface area (Å²) >= 11 is 3.57. The molecule has 0 saturated carbocycles. The molecule has 0 radical (unpaired) electrons. The van der Waals surface area contributed by atoms with Crippen LogP contribution in [0.5, 0.6) is 0 Å². The number of furan rings is 1. The number of halogens is 1. The van der Waals surface area contributed by atoms with E-state index in [-0.39, 0.29) is 0 Å². The second-order valence-corrected chi connectivity index (χ2v) is 9.29. The molecule has 7 aromatic rings. The Morgan fingerprint density at radius 1 is 0.515 bits per heavy atom. The van der Waals surface area contributed by atoms with E-state index in [9.17, 15) is 0 Å². The van der Waals surface area contributed by atoms with Gasteiger partial charge in [-0.05, 0) is 65.7 Å². The molecule has 0 spiro atoms. The van der Waals surface area contributed by atoms with Crippen molar-refractivity contribution in [2.45, 2.75) is 0 Å². The Hall–Kier alpha value is -3.82. The molecule has 2 aromatic heterocycles. The molecule has 0 aliphatic carbocycles. The third kappa shape index (κ3) is 2.86. The van der Waals surface area contributed by atoms with Crippen molar-refractivity contribution in [1.29, 1.82) is 0 Å². The van der Waals surface area contributed by atoms with Crippen molar-refractivity contribution < 1.29 is 4.42 Å². The van der Waals surface area contributed by atoms with Crippen LogP contribution >= 0.6 is 15.9 Å².